The number of benzene rings is 2. The van der Waals surface area contributed by atoms with E-state index in [1.165, 1.54) is 30.1 Å². The van der Waals surface area contributed by atoms with Crippen molar-refractivity contribution in [1.82, 2.24) is 5.01 Å². The van der Waals surface area contributed by atoms with Crippen molar-refractivity contribution < 1.29 is 5.11 Å². The Labute approximate surface area is 146 Å². The van der Waals surface area contributed by atoms with Crippen molar-refractivity contribution in [2.45, 2.75) is 33.1 Å². The Morgan fingerprint density at radius 2 is 1.79 bits per heavy atom. The Morgan fingerprint density at radius 3 is 2.58 bits per heavy atom. The summed E-state index contributed by atoms with van der Waals surface area (Å²) in [6, 6.07) is 12.4. The van der Waals surface area contributed by atoms with Gasteiger partial charge in [0.1, 0.15) is 5.75 Å². The first kappa shape index (κ1) is 17.0. The molecule has 0 saturated carbocycles. The molecule has 0 bridgehead atoms. The summed E-state index contributed by atoms with van der Waals surface area (Å²) in [5, 5.41) is 19.4. The van der Waals surface area contributed by atoms with Crippen LogP contribution in [0, 0.1) is 13.8 Å². The molecule has 1 atom stereocenters. The van der Waals surface area contributed by atoms with Crippen molar-refractivity contribution >= 4 is 25.4 Å². The lowest BCUT2D eigenvalue weighted by Crippen LogP contribution is -2.24. The Kier molecular flexibility index (Phi) is 5.52. The summed E-state index contributed by atoms with van der Waals surface area (Å²) in [6.45, 7) is 6.14. The second-order valence-corrected chi connectivity index (χ2v) is 7.78. The molecule has 0 spiro atoms. The first-order valence-corrected chi connectivity index (χ1v) is 9.58. The second kappa shape index (κ2) is 7.81. The highest BCUT2D eigenvalue weighted by Crippen LogP contribution is 2.24. The Hall–Kier alpha value is -1.86. The minimum Gasteiger partial charge on any atom is -0.507 e. The highest BCUT2D eigenvalue weighted by atomic mass is 31.1. The largest absolute Gasteiger partial charge is 0.507 e. The number of piperidine rings is 1. The molecule has 1 heterocycles. The van der Waals surface area contributed by atoms with Gasteiger partial charge in [0.2, 0.25) is 0 Å². The van der Waals surface area contributed by atoms with Crippen LogP contribution in [-0.4, -0.2) is 29.4 Å². The summed E-state index contributed by atoms with van der Waals surface area (Å²) < 4.78 is 0. The predicted molar refractivity (Wildman–Crippen MR) is 105 cm³/mol. The van der Waals surface area contributed by atoms with Gasteiger partial charge in [-0.3, -0.25) is 5.01 Å². The Morgan fingerprint density at radius 1 is 1.04 bits per heavy atom. The standard InChI is InChI=1S/C20H25N2OP/c1-15-12-16(2)20(23)19(13-15)24-18-9-5-4-8-17(18)14-21-22-10-6-3-7-11-22/h4-5,8-9,12-14,23-24H,3,6-7,10-11H2,1-2H3. The van der Waals surface area contributed by atoms with Gasteiger partial charge in [-0.2, -0.15) is 5.10 Å². The topological polar surface area (TPSA) is 35.8 Å². The highest BCUT2D eigenvalue weighted by Gasteiger charge is 2.10. The lowest BCUT2D eigenvalue weighted by atomic mass is 10.1. The van der Waals surface area contributed by atoms with Gasteiger partial charge in [0.05, 0.1) is 6.21 Å². The summed E-state index contributed by atoms with van der Waals surface area (Å²) in [6.07, 6.45) is 5.76. The van der Waals surface area contributed by atoms with E-state index in [0.717, 1.165) is 29.5 Å². The molecule has 126 valence electrons. The number of hydrogen-bond donors (Lipinski definition) is 1. The number of rotatable bonds is 4. The van der Waals surface area contributed by atoms with Crippen LogP contribution in [0.25, 0.3) is 0 Å². The summed E-state index contributed by atoms with van der Waals surface area (Å²) in [4.78, 5) is 0. The van der Waals surface area contributed by atoms with Gasteiger partial charge in [-0.25, -0.2) is 0 Å². The summed E-state index contributed by atoms with van der Waals surface area (Å²) in [7, 11) is 0.426. The van der Waals surface area contributed by atoms with Crippen LogP contribution in [0.3, 0.4) is 0 Å². The molecule has 3 rings (SSSR count). The van der Waals surface area contributed by atoms with Crippen molar-refractivity contribution in [3.05, 3.63) is 53.1 Å². The van der Waals surface area contributed by atoms with Gasteiger partial charge in [0.25, 0.3) is 0 Å². The van der Waals surface area contributed by atoms with Crippen LogP contribution in [0.1, 0.15) is 36.0 Å². The average Bonchev–Trinajstić information content (AvgIpc) is 2.59. The normalized spacial score (nSPS) is 15.7. The molecule has 2 aromatic carbocycles. The molecule has 2 aromatic rings. The van der Waals surface area contributed by atoms with E-state index >= 15 is 0 Å². The SMILES string of the molecule is Cc1cc(C)c(O)c(Pc2ccccc2C=NN2CCCCC2)c1. The number of aromatic hydroxyl groups is 1. The Balaban J connectivity index is 1.83. The van der Waals surface area contributed by atoms with E-state index in [2.05, 4.69) is 41.3 Å². The van der Waals surface area contributed by atoms with E-state index in [9.17, 15) is 5.11 Å². The molecule has 0 amide bonds. The van der Waals surface area contributed by atoms with Gasteiger partial charge in [0, 0.05) is 24.0 Å². The second-order valence-electron chi connectivity index (χ2n) is 6.45. The number of phenols is 1. The van der Waals surface area contributed by atoms with E-state index in [1.807, 2.05) is 25.3 Å². The van der Waals surface area contributed by atoms with E-state index < -0.39 is 0 Å². The van der Waals surface area contributed by atoms with Crippen LogP contribution in [0.5, 0.6) is 5.75 Å². The van der Waals surface area contributed by atoms with Gasteiger partial charge < -0.3 is 5.11 Å². The molecule has 24 heavy (non-hydrogen) atoms. The summed E-state index contributed by atoms with van der Waals surface area (Å²) in [5.41, 5.74) is 3.27. The molecule has 1 aliphatic heterocycles. The van der Waals surface area contributed by atoms with Crippen LogP contribution in [0.2, 0.25) is 0 Å². The van der Waals surface area contributed by atoms with Gasteiger partial charge in [0.15, 0.2) is 0 Å². The zero-order chi connectivity index (χ0) is 16.9. The fourth-order valence-electron chi connectivity index (χ4n) is 3.06. The molecule has 0 aliphatic carbocycles. The molecular formula is C20H25N2OP. The maximum absolute atomic E-state index is 10.4. The molecule has 1 aliphatic rings. The van der Waals surface area contributed by atoms with Crippen molar-refractivity contribution in [1.29, 1.82) is 0 Å². The molecule has 0 aromatic heterocycles. The third-order valence-corrected chi connectivity index (χ3v) is 5.74. The first-order valence-electron chi connectivity index (χ1n) is 8.58. The lowest BCUT2D eigenvalue weighted by Gasteiger charge is -2.23. The quantitative estimate of drug-likeness (QED) is 0.683. The van der Waals surface area contributed by atoms with Crippen LogP contribution in [0.4, 0.5) is 0 Å². The molecule has 0 radical (unpaired) electrons. The van der Waals surface area contributed by atoms with E-state index in [-0.39, 0.29) is 0 Å². The fourth-order valence-corrected chi connectivity index (χ4v) is 4.44. The molecule has 1 unspecified atom stereocenters. The minimum absolute atomic E-state index is 0.418. The number of nitrogens with zero attached hydrogens (tertiary/aromatic N) is 2. The average molecular weight is 340 g/mol. The van der Waals surface area contributed by atoms with Crippen molar-refractivity contribution in [3.8, 4) is 5.75 Å². The molecule has 1 fully saturated rings. The lowest BCUT2D eigenvalue weighted by molar-refractivity contribution is 0.240. The molecule has 3 nitrogen and oxygen atoms in total. The zero-order valence-corrected chi connectivity index (χ0v) is 15.4. The van der Waals surface area contributed by atoms with E-state index in [4.69, 9.17) is 0 Å². The monoisotopic (exact) mass is 340 g/mol. The third-order valence-electron chi connectivity index (χ3n) is 4.37. The smallest absolute Gasteiger partial charge is 0.126 e. The summed E-state index contributed by atoms with van der Waals surface area (Å²) in [5.74, 6) is 0.418. The van der Waals surface area contributed by atoms with Gasteiger partial charge in [-0.05, 0) is 55.6 Å². The highest BCUT2D eigenvalue weighted by molar-refractivity contribution is 7.56. The molecule has 1 saturated heterocycles. The third kappa shape index (κ3) is 4.15. The van der Waals surface area contributed by atoms with Gasteiger partial charge >= 0.3 is 0 Å². The van der Waals surface area contributed by atoms with Crippen LogP contribution in [-0.2, 0) is 0 Å². The number of aryl methyl sites for hydroxylation is 2. The van der Waals surface area contributed by atoms with Crippen molar-refractivity contribution in [3.63, 3.8) is 0 Å². The zero-order valence-electron chi connectivity index (χ0n) is 14.4. The van der Waals surface area contributed by atoms with Crippen LogP contribution in [0.15, 0.2) is 41.5 Å². The number of phenolic OH excluding ortho intramolecular Hbond substituents is 1. The maximum atomic E-state index is 10.4. The van der Waals surface area contributed by atoms with Crippen LogP contribution < -0.4 is 10.6 Å². The first-order chi connectivity index (χ1) is 11.6. The number of hydrazone groups is 1. The van der Waals surface area contributed by atoms with Gasteiger partial charge in [-0.1, -0.05) is 38.9 Å². The minimum atomic E-state index is 0.418. The fraction of sp³-hybridized carbons (Fsp3) is 0.350. The Bertz CT molecular complexity index is 736. The van der Waals surface area contributed by atoms with E-state index in [0.29, 0.717) is 14.3 Å². The maximum Gasteiger partial charge on any atom is 0.126 e. The summed E-state index contributed by atoms with van der Waals surface area (Å²) >= 11 is 0. The van der Waals surface area contributed by atoms with Crippen molar-refractivity contribution in [2.24, 2.45) is 5.10 Å². The number of hydrogen-bond acceptors (Lipinski definition) is 3. The van der Waals surface area contributed by atoms with Gasteiger partial charge in [-0.15, -0.1) is 0 Å². The molecular weight excluding hydrogens is 315 g/mol. The van der Waals surface area contributed by atoms with E-state index in [1.54, 1.807) is 0 Å². The van der Waals surface area contributed by atoms with Crippen LogP contribution >= 0.6 is 8.58 Å². The van der Waals surface area contributed by atoms with Crippen molar-refractivity contribution in [2.75, 3.05) is 13.1 Å². The molecule has 4 heteroatoms. The molecule has 1 N–H and O–H groups in total. The predicted octanol–water partition coefficient (Wildman–Crippen LogP) is 3.46.